The zero-order valence-corrected chi connectivity index (χ0v) is 42.5. The lowest BCUT2D eigenvalue weighted by molar-refractivity contribution is -0.141. The molecule has 8 aromatic heterocycles. The van der Waals surface area contributed by atoms with E-state index in [9.17, 15) is 31.6 Å². The number of hydrogen-bond acceptors (Lipinski definition) is 13. The van der Waals surface area contributed by atoms with Crippen molar-refractivity contribution in [2.45, 2.75) is 95.1 Å². The first kappa shape index (κ1) is 52.2. The first-order valence-electron chi connectivity index (χ1n) is 24.2. The first-order valence-corrected chi connectivity index (χ1v) is 24.2. The Hall–Kier alpha value is -8.23. The highest BCUT2D eigenvalue weighted by atomic mass is 19.4. The molecule has 0 radical (unpaired) electrons. The predicted molar refractivity (Wildman–Crippen MR) is 262 cm³/mol. The molecular formula is C50H48F9N18+. The predicted octanol–water partition coefficient (Wildman–Crippen LogP) is 9.41. The van der Waals surface area contributed by atoms with Crippen molar-refractivity contribution >= 4 is 33.4 Å². The molecule has 2 fully saturated rings. The molecule has 0 bridgehead atoms. The van der Waals surface area contributed by atoms with Crippen LogP contribution in [0.1, 0.15) is 94.5 Å². The number of piperidine rings is 2. The fraction of sp³-hybridized carbons (Fsp3) is 0.440. The number of anilines is 2. The Labute approximate surface area is 433 Å². The minimum absolute atomic E-state index is 0.00552. The van der Waals surface area contributed by atoms with Gasteiger partial charge in [0.25, 0.3) is 6.54 Å². The molecule has 10 heterocycles. The largest absolute Gasteiger partial charge is 0.433 e. The van der Waals surface area contributed by atoms with E-state index in [1.165, 1.54) is 51.0 Å². The second-order valence-corrected chi connectivity index (χ2v) is 21.0. The topological polar surface area (TPSA) is 183 Å². The lowest BCUT2D eigenvalue weighted by atomic mass is 9.91. The first-order chi connectivity index (χ1) is 36.2. The number of pyridine rings is 4. The van der Waals surface area contributed by atoms with Gasteiger partial charge in [0.15, 0.2) is 34.3 Å². The Balaban J connectivity index is 1.01. The van der Waals surface area contributed by atoms with E-state index in [0.717, 1.165) is 10.7 Å². The molecule has 2 saturated heterocycles. The number of hydrogen-bond donors (Lipinski definition) is 0. The van der Waals surface area contributed by atoms with Gasteiger partial charge in [0.05, 0.1) is 39.3 Å². The fourth-order valence-electron chi connectivity index (χ4n) is 9.84. The van der Waals surface area contributed by atoms with Crippen molar-refractivity contribution < 1.29 is 39.5 Å². The number of rotatable bonds is 8. The van der Waals surface area contributed by atoms with Crippen LogP contribution in [-0.2, 0) is 48.9 Å². The van der Waals surface area contributed by atoms with E-state index in [0.29, 0.717) is 11.5 Å². The molecule has 0 unspecified atom stereocenters. The van der Waals surface area contributed by atoms with Crippen LogP contribution < -0.4 is 9.80 Å². The van der Waals surface area contributed by atoms with E-state index in [4.69, 9.17) is 0 Å². The van der Waals surface area contributed by atoms with E-state index in [1.807, 2.05) is 6.07 Å². The molecule has 0 amide bonds. The third-order valence-corrected chi connectivity index (χ3v) is 14.0. The maximum Gasteiger partial charge on any atom is 0.433 e. The summed E-state index contributed by atoms with van der Waals surface area (Å²) in [6, 6.07) is 8.99. The molecule has 18 nitrogen and oxygen atoms in total. The molecular weight excluding hydrogens is 1020 g/mol. The number of alkyl halides is 8. The summed E-state index contributed by atoms with van der Waals surface area (Å²) in [6.07, 6.45) is -3.60. The second-order valence-electron chi connectivity index (χ2n) is 21.0. The minimum atomic E-state index is -4.99. The van der Waals surface area contributed by atoms with E-state index in [1.54, 1.807) is 64.7 Å². The van der Waals surface area contributed by atoms with Gasteiger partial charge in [-0.25, -0.2) is 33.4 Å². The Morgan fingerprint density at radius 1 is 0.675 bits per heavy atom. The number of aryl methyl sites for hydroxylation is 2. The van der Waals surface area contributed by atoms with Gasteiger partial charge in [0.1, 0.15) is 41.2 Å². The van der Waals surface area contributed by atoms with Crippen molar-refractivity contribution in [2.24, 2.45) is 14.1 Å². The number of halogens is 9. The molecule has 0 aromatic carbocycles. The fourth-order valence-corrected chi connectivity index (χ4v) is 9.84. The van der Waals surface area contributed by atoms with Gasteiger partial charge in [0, 0.05) is 101 Å². The molecule has 0 atom stereocenters. The van der Waals surface area contributed by atoms with Crippen LogP contribution >= 0.6 is 0 Å². The summed E-state index contributed by atoms with van der Waals surface area (Å²) < 4.78 is 142. The summed E-state index contributed by atoms with van der Waals surface area (Å²) in [4.78, 5) is 24.7. The lowest BCUT2D eigenvalue weighted by Gasteiger charge is -2.38. The Morgan fingerprint density at radius 2 is 1.17 bits per heavy atom. The molecule has 0 aliphatic carbocycles. The highest BCUT2D eigenvalue weighted by Crippen LogP contribution is 2.45. The van der Waals surface area contributed by atoms with Crippen LogP contribution in [-0.4, -0.2) is 102 Å². The Morgan fingerprint density at radius 3 is 1.65 bits per heavy atom. The standard InChI is InChI=1S/C50H48F9N18/c1-45(2,3)77-40(51)33-17-30(23-63-42(33)71-77)37-39(75-14-10-48(53,11-15-75)44-69-65-27-73(44)7)31(19-35(67-37)50(57,58)59)21-61-25-46(4,5)76-24-32-16-29(22-62-41(32)70-76)36-38(28(20-60)18-34(66-36)49(54,55)56)74-12-8-47(52,9-13-74)43-68-64-26-72(43)6/h16-19,22-24,26-27H,8-15,25H2,1-7H3/q+1. The summed E-state index contributed by atoms with van der Waals surface area (Å²) >= 11 is 0. The lowest BCUT2D eigenvalue weighted by Crippen LogP contribution is -2.42. The van der Waals surface area contributed by atoms with E-state index >= 15 is 13.2 Å². The maximum atomic E-state index is 16.6. The monoisotopic (exact) mass is 1070 g/mol. The molecule has 2 aliphatic rings. The van der Waals surface area contributed by atoms with Gasteiger partial charge >= 0.3 is 18.4 Å². The number of nitriles is 1. The summed E-state index contributed by atoms with van der Waals surface area (Å²) in [7, 11) is 3.21. The highest BCUT2D eigenvalue weighted by molar-refractivity contribution is 5.87. The average molecular weight is 1070 g/mol. The average Bonchev–Trinajstić information content (AvgIpc) is 4.20. The molecule has 0 N–H and O–H groups in total. The SMILES string of the molecule is Cn1cnnc1C1(F)CCN(c2c(C#N)cc(C(F)(F)F)nc2-c2cnc3nn(C(C)(C)C[N+]#Cc4cc(C(F)(F)F)nc(-c5cnc6nn(C(C)(C)C)c(F)c6c5)c4N4CCC(F)(c5nncn5C)CC4)cc3c2)CC1. The van der Waals surface area contributed by atoms with Gasteiger partial charge in [-0.2, -0.15) is 41.1 Å². The summed E-state index contributed by atoms with van der Waals surface area (Å²) in [5.74, 6) is -0.574. The van der Waals surface area contributed by atoms with Gasteiger partial charge in [-0.3, -0.25) is 4.68 Å². The second kappa shape index (κ2) is 18.5. The van der Waals surface area contributed by atoms with Crippen molar-refractivity contribution in [3.05, 3.63) is 100 Å². The van der Waals surface area contributed by atoms with Gasteiger partial charge in [-0.15, -0.1) is 25.5 Å². The van der Waals surface area contributed by atoms with Crippen LogP contribution in [0.15, 0.2) is 55.5 Å². The zero-order chi connectivity index (χ0) is 55.2. The maximum absolute atomic E-state index is 16.6. The third-order valence-electron chi connectivity index (χ3n) is 14.0. The van der Waals surface area contributed by atoms with Crippen molar-refractivity contribution in [3.8, 4) is 34.7 Å². The smallest absolute Gasteiger partial charge is 0.368 e. The molecule has 8 aromatic rings. The molecule has 2 aliphatic heterocycles. The van der Waals surface area contributed by atoms with E-state index in [2.05, 4.69) is 61.4 Å². The number of aromatic nitrogens is 14. The van der Waals surface area contributed by atoms with Crippen molar-refractivity contribution in [3.63, 3.8) is 0 Å². The van der Waals surface area contributed by atoms with Gasteiger partial charge in [-0.05, 0) is 58.9 Å². The molecule has 77 heavy (non-hydrogen) atoms. The zero-order valence-electron chi connectivity index (χ0n) is 42.5. The Kier molecular flexibility index (Phi) is 12.6. The molecule has 0 spiro atoms. The van der Waals surface area contributed by atoms with Crippen molar-refractivity contribution in [1.82, 2.24) is 69.0 Å². The van der Waals surface area contributed by atoms with Crippen LogP contribution in [0.4, 0.5) is 50.9 Å². The number of nitrogens with zero attached hydrogens (tertiary/aromatic N) is 18. The van der Waals surface area contributed by atoms with Crippen LogP contribution in [0.25, 0.3) is 49.4 Å². The van der Waals surface area contributed by atoms with Gasteiger partial charge in [-0.1, -0.05) is 4.85 Å². The van der Waals surface area contributed by atoms with Crippen LogP contribution in [0, 0.1) is 23.3 Å². The minimum Gasteiger partial charge on any atom is -0.368 e. The van der Waals surface area contributed by atoms with Crippen molar-refractivity contribution in [1.29, 1.82) is 5.26 Å². The van der Waals surface area contributed by atoms with Gasteiger partial charge in [0.2, 0.25) is 5.95 Å². The number of fused-ring (bicyclic) bond motifs is 2. The van der Waals surface area contributed by atoms with Gasteiger partial charge < -0.3 is 18.9 Å². The Bertz CT molecular complexity index is 3700. The van der Waals surface area contributed by atoms with Crippen LogP contribution in [0.5, 0.6) is 0 Å². The molecule has 0 saturated carbocycles. The summed E-state index contributed by atoms with van der Waals surface area (Å²) in [5, 5.41) is 34.9. The summed E-state index contributed by atoms with van der Waals surface area (Å²) in [6.45, 7) is 8.40. The van der Waals surface area contributed by atoms with Crippen LogP contribution in [0.2, 0.25) is 0 Å². The normalized spacial score (nSPS) is 16.2. The quantitative estimate of drug-likeness (QED) is 0.131. The molecule has 400 valence electrons. The molecule has 10 rings (SSSR count). The van der Waals surface area contributed by atoms with Crippen molar-refractivity contribution in [2.75, 3.05) is 42.5 Å². The third kappa shape index (κ3) is 9.60. The van der Waals surface area contributed by atoms with Crippen LogP contribution in [0.3, 0.4) is 0 Å². The van der Waals surface area contributed by atoms with E-state index in [-0.39, 0.29) is 132 Å². The molecule has 27 heteroatoms. The summed E-state index contributed by atoms with van der Waals surface area (Å²) in [5.41, 5.74) is -8.83. The highest BCUT2D eigenvalue weighted by Gasteiger charge is 2.45. The van der Waals surface area contributed by atoms with E-state index < -0.39 is 52.1 Å².